The van der Waals surface area contributed by atoms with Crippen molar-refractivity contribution in [1.82, 2.24) is 15.2 Å². The summed E-state index contributed by atoms with van der Waals surface area (Å²) in [6.07, 6.45) is 1.46. The quantitative estimate of drug-likeness (QED) is 0.672. The Morgan fingerprint density at radius 1 is 1.04 bits per heavy atom. The Hall–Kier alpha value is -3.42. The van der Waals surface area contributed by atoms with Crippen LogP contribution in [0.4, 0.5) is 21.8 Å². The Bertz CT molecular complexity index is 891. The molecule has 0 aliphatic heterocycles. The molecule has 3 aromatic rings. The fourth-order valence-electron chi connectivity index (χ4n) is 2.32. The summed E-state index contributed by atoms with van der Waals surface area (Å²) < 4.78 is 23.8. The van der Waals surface area contributed by atoms with Crippen molar-refractivity contribution in [3.63, 3.8) is 0 Å². The lowest BCUT2D eigenvalue weighted by atomic mass is 10.2. The van der Waals surface area contributed by atoms with Crippen molar-refractivity contribution in [3.05, 3.63) is 60.0 Å². The third-order valence-corrected chi connectivity index (χ3v) is 3.55. The highest BCUT2D eigenvalue weighted by molar-refractivity contribution is 5.56. The van der Waals surface area contributed by atoms with Gasteiger partial charge in [0.1, 0.15) is 5.82 Å². The summed E-state index contributed by atoms with van der Waals surface area (Å²) >= 11 is 0. The predicted octanol–water partition coefficient (Wildman–Crippen LogP) is 3.38. The zero-order valence-electron chi connectivity index (χ0n) is 14.4. The molecule has 8 heteroatoms. The van der Waals surface area contributed by atoms with E-state index in [9.17, 15) is 4.39 Å². The number of aromatic nitrogens is 3. The molecule has 2 aromatic carbocycles. The van der Waals surface area contributed by atoms with Crippen molar-refractivity contribution in [3.8, 4) is 11.5 Å². The van der Waals surface area contributed by atoms with Gasteiger partial charge < -0.3 is 20.1 Å². The van der Waals surface area contributed by atoms with Crippen LogP contribution < -0.4 is 20.1 Å². The molecule has 1 aromatic heterocycles. The first-order valence-corrected chi connectivity index (χ1v) is 7.85. The van der Waals surface area contributed by atoms with Gasteiger partial charge in [-0.3, -0.25) is 0 Å². The average Bonchev–Trinajstić information content (AvgIpc) is 2.66. The summed E-state index contributed by atoms with van der Waals surface area (Å²) in [5.74, 6) is 1.79. The van der Waals surface area contributed by atoms with Crippen molar-refractivity contribution in [2.75, 3.05) is 24.9 Å². The molecule has 2 N–H and O–H groups in total. The van der Waals surface area contributed by atoms with Crippen LogP contribution in [0.5, 0.6) is 11.5 Å². The van der Waals surface area contributed by atoms with E-state index >= 15 is 0 Å². The Morgan fingerprint density at radius 3 is 2.65 bits per heavy atom. The van der Waals surface area contributed by atoms with E-state index < -0.39 is 0 Å². The van der Waals surface area contributed by atoms with E-state index in [1.54, 1.807) is 26.4 Å². The van der Waals surface area contributed by atoms with Crippen LogP contribution in [-0.4, -0.2) is 29.4 Å². The zero-order valence-corrected chi connectivity index (χ0v) is 14.4. The van der Waals surface area contributed by atoms with E-state index in [4.69, 9.17) is 9.47 Å². The van der Waals surface area contributed by atoms with Gasteiger partial charge in [-0.25, -0.2) is 4.39 Å². The zero-order chi connectivity index (χ0) is 18.4. The van der Waals surface area contributed by atoms with Crippen LogP contribution in [-0.2, 0) is 6.54 Å². The molecule has 0 fully saturated rings. The maximum absolute atomic E-state index is 13.3. The molecule has 0 atom stereocenters. The minimum atomic E-state index is -0.330. The maximum Gasteiger partial charge on any atom is 0.244 e. The Labute approximate surface area is 150 Å². The van der Waals surface area contributed by atoms with Crippen molar-refractivity contribution >= 4 is 17.5 Å². The highest BCUT2D eigenvalue weighted by atomic mass is 19.1. The summed E-state index contributed by atoms with van der Waals surface area (Å²) in [5, 5.41) is 13.9. The van der Waals surface area contributed by atoms with Gasteiger partial charge in [-0.15, -0.1) is 5.10 Å². The van der Waals surface area contributed by atoms with Gasteiger partial charge in [0.2, 0.25) is 5.95 Å². The largest absolute Gasteiger partial charge is 0.493 e. The number of nitrogens with zero attached hydrogens (tertiary/aromatic N) is 3. The first-order chi connectivity index (χ1) is 12.7. The average molecular weight is 355 g/mol. The normalized spacial score (nSPS) is 10.3. The minimum Gasteiger partial charge on any atom is -0.493 e. The van der Waals surface area contributed by atoms with E-state index in [0.717, 1.165) is 5.56 Å². The minimum absolute atomic E-state index is 0.330. The van der Waals surface area contributed by atoms with E-state index in [1.165, 1.54) is 18.3 Å². The lowest BCUT2D eigenvalue weighted by Crippen LogP contribution is -2.06. The SMILES string of the molecule is COc1ccc(CNc2nncc(Nc3cccc(F)c3)n2)cc1OC. The highest BCUT2D eigenvalue weighted by Crippen LogP contribution is 2.27. The standard InChI is InChI=1S/C18H18FN5O2/c1-25-15-7-6-12(8-16(15)26-2)10-20-18-23-17(11-21-24-18)22-14-5-3-4-13(19)9-14/h3-9,11H,10H2,1-2H3,(H2,20,22,23,24). The number of benzene rings is 2. The van der Waals surface area contributed by atoms with Gasteiger partial charge in [0.05, 0.1) is 20.4 Å². The summed E-state index contributed by atoms with van der Waals surface area (Å²) in [4.78, 5) is 4.31. The molecule has 134 valence electrons. The molecular weight excluding hydrogens is 337 g/mol. The summed E-state index contributed by atoms with van der Waals surface area (Å²) in [5.41, 5.74) is 1.55. The van der Waals surface area contributed by atoms with E-state index in [2.05, 4.69) is 25.8 Å². The molecule has 26 heavy (non-hydrogen) atoms. The summed E-state index contributed by atoms with van der Waals surface area (Å²) in [6.45, 7) is 0.478. The second-order valence-electron chi connectivity index (χ2n) is 5.34. The van der Waals surface area contributed by atoms with Gasteiger partial charge >= 0.3 is 0 Å². The smallest absolute Gasteiger partial charge is 0.244 e. The van der Waals surface area contributed by atoms with E-state index in [-0.39, 0.29) is 5.82 Å². The molecule has 0 amide bonds. The fourth-order valence-corrected chi connectivity index (χ4v) is 2.32. The Kier molecular flexibility index (Phi) is 5.43. The Morgan fingerprint density at radius 2 is 1.88 bits per heavy atom. The molecule has 7 nitrogen and oxygen atoms in total. The third-order valence-electron chi connectivity index (χ3n) is 3.55. The third kappa shape index (κ3) is 4.35. The lowest BCUT2D eigenvalue weighted by Gasteiger charge is -2.10. The van der Waals surface area contributed by atoms with Crippen molar-refractivity contribution in [2.24, 2.45) is 0 Å². The van der Waals surface area contributed by atoms with Crippen LogP contribution in [0.25, 0.3) is 0 Å². The molecule has 0 spiro atoms. The number of anilines is 3. The molecule has 1 heterocycles. The molecule has 0 bridgehead atoms. The van der Waals surface area contributed by atoms with Crippen LogP contribution in [0.2, 0.25) is 0 Å². The highest BCUT2D eigenvalue weighted by Gasteiger charge is 2.06. The molecule has 0 aliphatic rings. The number of nitrogens with one attached hydrogen (secondary N) is 2. The first-order valence-electron chi connectivity index (χ1n) is 7.85. The number of rotatable bonds is 7. The molecular formula is C18H18FN5O2. The second-order valence-corrected chi connectivity index (χ2v) is 5.34. The van der Waals surface area contributed by atoms with E-state index in [0.29, 0.717) is 35.5 Å². The van der Waals surface area contributed by atoms with Gasteiger partial charge in [0, 0.05) is 12.2 Å². The van der Waals surface area contributed by atoms with Crippen molar-refractivity contribution < 1.29 is 13.9 Å². The second kappa shape index (κ2) is 8.11. The van der Waals surface area contributed by atoms with Crippen LogP contribution in [0, 0.1) is 5.82 Å². The summed E-state index contributed by atoms with van der Waals surface area (Å²) in [6, 6.07) is 11.7. The van der Waals surface area contributed by atoms with Crippen LogP contribution >= 0.6 is 0 Å². The maximum atomic E-state index is 13.3. The molecule has 0 unspecified atom stereocenters. The summed E-state index contributed by atoms with van der Waals surface area (Å²) in [7, 11) is 3.18. The number of halogens is 1. The van der Waals surface area contributed by atoms with Crippen molar-refractivity contribution in [2.45, 2.75) is 6.54 Å². The Balaban J connectivity index is 1.67. The monoisotopic (exact) mass is 355 g/mol. The van der Waals surface area contributed by atoms with Crippen LogP contribution in [0.3, 0.4) is 0 Å². The van der Waals surface area contributed by atoms with E-state index in [1.807, 2.05) is 18.2 Å². The molecule has 0 aliphatic carbocycles. The molecule has 0 saturated carbocycles. The van der Waals surface area contributed by atoms with Gasteiger partial charge in [-0.2, -0.15) is 10.1 Å². The molecule has 0 radical (unpaired) electrons. The molecule has 3 rings (SSSR count). The van der Waals surface area contributed by atoms with Gasteiger partial charge in [0.15, 0.2) is 17.3 Å². The lowest BCUT2D eigenvalue weighted by molar-refractivity contribution is 0.354. The number of hydrogen-bond donors (Lipinski definition) is 2. The van der Waals surface area contributed by atoms with Crippen molar-refractivity contribution in [1.29, 1.82) is 0 Å². The fraction of sp³-hybridized carbons (Fsp3) is 0.167. The number of hydrogen-bond acceptors (Lipinski definition) is 7. The van der Waals surface area contributed by atoms with Gasteiger partial charge in [-0.05, 0) is 35.9 Å². The predicted molar refractivity (Wildman–Crippen MR) is 96.4 cm³/mol. The van der Waals surface area contributed by atoms with Gasteiger partial charge in [0.25, 0.3) is 0 Å². The number of methoxy groups -OCH3 is 2. The van der Waals surface area contributed by atoms with Gasteiger partial charge in [-0.1, -0.05) is 12.1 Å². The van der Waals surface area contributed by atoms with Crippen LogP contribution in [0.15, 0.2) is 48.7 Å². The number of ether oxygens (including phenoxy) is 2. The molecule has 0 saturated heterocycles. The first kappa shape index (κ1) is 17.4. The van der Waals surface area contributed by atoms with Crippen LogP contribution in [0.1, 0.15) is 5.56 Å². The topological polar surface area (TPSA) is 81.2 Å².